The van der Waals surface area contributed by atoms with Crippen LogP contribution in [0.1, 0.15) is 17.6 Å². The van der Waals surface area contributed by atoms with Crippen molar-refractivity contribution in [3.05, 3.63) is 16.1 Å². The summed E-state index contributed by atoms with van der Waals surface area (Å²) in [5, 5.41) is 9.83. The summed E-state index contributed by atoms with van der Waals surface area (Å²) in [5.74, 6) is 1.96. The minimum Gasteiger partial charge on any atom is -0.357 e. The van der Waals surface area contributed by atoms with Crippen LogP contribution in [0.4, 0.5) is 0 Å². The summed E-state index contributed by atoms with van der Waals surface area (Å²) in [6, 6.07) is 0. The molecule has 2 N–H and O–H groups in total. The van der Waals surface area contributed by atoms with Crippen LogP contribution in [0.5, 0.6) is 0 Å². The Hall–Kier alpha value is -0.0200. The molecule has 0 aliphatic carbocycles. The fraction of sp³-hybridized carbons (Fsp3) is 0.667. The Labute approximate surface area is 141 Å². The third kappa shape index (κ3) is 8.69. The van der Waals surface area contributed by atoms with E-state index in [9.17, 15) is 0 Å². The van der Waals surface area contributed by atoms with Crippen molar-refractivity contribution in [3.8, 4) is 0 Å². The zero-order chi connectivity index (χ0) is 13.2. The SMILES string of the molecule is CCNC(=NCCSC)NCCc1csc(C)n1.I. The van der Waals surface area contributed by atoms with Gasteiger partial charge in [0.25, 0.3) is 0 Å². The molecule has 1 aromatic rings. The van der Waals surface area contributed by atoms with E-state index in [2.05, 4.69) is 39.2 Å². The second kappa shape index (κ2) is 11.8. The highest BCUT2D eigenvalue weighted by molar-refractivity contribution is 14.0. The number of hydrogen-bond acceptors (Lipinski definition) is 4. The largest absolute Gasteiger partial charge is 0.357 e. The second-order valence-electron chi connectivity index (χ2n) is 3.79. The molecule has 19 heavy (non-hydrogen) atoms. The number of guanidine groups is 1. The van der Waals surface area contributed by atoms with E-state index in [-0.39, 0.29) is 24.0 Å². The van der Waals surface area contributed by atoms with Gasteiger partial charge in [-0.05, 0) is 20.1 Å². The van der Waals surface area contributed by atoms with E-state index < -0.39 is 0 Å². The molecule has 0 bridgehead atoms. The van der Waals surface area contributed by atoms with Crippen LogP contribution in [-0.4, -0.2) is 42.6 Å². The lowest BCUT2D eigenvalue weighted by Crippen LogP contribution is -2.38. The molecule has 1 heterocycles. The number of aromatic nitrogens is 1. The van der Waals surface area contributed by atoms with E-state index in [0.29, 0.717) is 0 Å². The van der Waals surface area contributed by atoms with Crippen molar-refractivity contribution in [2.75, 3.05) is 31.6 Å². The number of hydrogen-bond donors (Lipinski definition) is 2. The summed E-state index contributed by atoms with van der Waals surface area (Å²) in [5.41, 5.74) is 1.16. The number of thiazole rings is 1. The van der Waals surface area contributed by atoms with E-state index in [1.54, 1.807) is 11.3 Å². The lowest BCUT2D eigenvalue weighted by molar-refractivity contribution is 0.794. The van der Waals surface area contributed by atoms with Crippen LogP contribution in [0.3, 0.4) is 0 Å². The third-order valence-electron chi connectivity index (χ3n) is 2.25. The summed E-state index contributed by atoms with van der Waals surface area (Å²) in [6.45, 7) is 6.73. The Morgan fingerprint density at radius 2 is 2.26 bits per heavy atom. The van der Waals surface area contributed by atoms with Crippen molar-refractivity contribution >= 4 is 53.0 Å². The van der Waals surface area contributed by atoms with Gasteiger partial charge in [-0.1, -0.05) is 0 Å². The lowest BCUT2D eigenvalue weighted by atomic mass is 10.3. The molecule has 0 saturated heterocycles. The van der Waals surface area contributed by atoms with Gasteiger partial charge in [-0.3, -0.25) is 4.99 Å². The van der Waals surface area contributed by atoms with Crippen LogP contribution in [0.2, 0.25) is 0 Å². The van der Waals surface area contributed by atoms with Crippen molar-refractivity contribution in [2.45, 2.75) is 20.3 Å². The zero-order valence-electron chi connectivity index (χ0n) is 11.7. The van der Waals surface area contributed by atoms with Gasteiger partial charge in [0.2, 0.25) is 0 Å². The standard InChI is InChI=1S/C12H22N4S2.HI/c1-4-13-12(15-7-8-17-3)14-6-5-11-9-18-10(2)16-11;/h9H,4-8H2,1-3H3,(H2,13,14,15);1H. The molecule has 110 valence electrons. The Morgan fingerprint density at radius 1 is 1.47 bits per heavy atom. The number of rotatable bonds is 7. The average Bonchev–Trinajstić information content (AvgIpc) is 2.75. The highest BCUT2D eigenvalue weighted by Crippen LogP contribution is 2.07. The van der Waals surface area contributed by atoms with Gasteiger partial charge < -0.3 is 10.6 Å². The summed E-state index contributed by atoms with van der Waals surface area (Å²) >= 11 is 3.52. The maximum absolute atomic E-state index is 4.50. The van der Waals surface area contributed by atoms with Crippen LogP contribution in [0.25, 0.3) is 0 Å². The molecule has 1 rings (SSSR count). The molecule has 0 aliphatic rings. The normalized spacial score (nSPS) is 11.0. The second-order valence-corrected chi connectivity index (χ2v) is 5.84. The van der Waals surface area contributed by atoms with Crippen molar-refractivity contribution in [1.29, 1.82) is 0 Å². The van der Waals surface area contributed by atoms with Gasteiger partial charge in [0.15, 0.2) is 5.96 Å². The van der Waals surface area contributed by atoms with Gasteiger partial charge >= 0.3 is 0 Å². The minimum absolute atomic E-state index is 0. The van der Waals surface area contributed by atoms with Gasteiger partial charge in [0.1, 0.15) is 0 Å². The molecule has 0 saturated carbocycles. The van der Waals surface area contributed by atoms with Crippen LogP contribution >= 0.6 is 47.1 Å². The molecule has 0 fully saturated rings. The van der Waals surface area contributed by atoms with E-state index in [0.717, 1.165) is 48.5 Å². The zero-order valence-corrected chi connectivity index (χ0v) is 15.7. The topological polar surface area (TPSA) is 49.3 Å². The fourth-order valence-electron chi connectivity index (χ4n) is 1.42. The molecule has 0 spiro atoms. The number of nitrogens with one attached hydrogen (secondary N) is 2. The first-order chi connectivity index (χ1) is 8.76. The number of aryl methyl sites for hydroxylation is 1. The van der Waals surface area contributed by atoms with E-state index in [1.807, 2.05) is 18.7 Å². The van der Waals surface area contributed by atoms with Crippen molar-refractivity contribution in [2.24, 2.45) is 4.99 Å². The highest BCUT2D eigenvalue weighted by atomic mass is 127. The molecular weight excluding hydrogens is 391 g/mol. The maximum Gasteiger partial charge on any atom is 0.191 e. The fourth-order valence-corrected chi connectivity index (χ4v) is 2.34. The summed E-state index contributed by atoms with van der Waals surface area (Å²) in [7, 11) is 0. The molecule has 0 aliphatic heterocycles. The van der Waals surface area contributed by atoms with Crippen molar-refractivity contribution < 1.29 is 0 Å². The Bertz CT molecular complexity index is 368. The molecule has 0 amide bonds. The van der Waals surface area contributed by atoms with Gasteiger partial charge in [-0.25, -0.2) is 4.98 Å². The minimum atomic E-state index is 0. The van der Waals surface area contributed by atoms with E-state index in [4.69, 9.17) is 0 Å². The predicted molar refractivity (Wildman–Crippen MR) is 98.3 cm³/mol. The molecule has 0 aromatic carbocycles. The molecule has 7 heteroatoms. The highest BCUT2D eigenvalue weighted by Gasteiger charge is 2.00. The third-order valence-corrected chi connectivity index (χ3v) is 3.66. The monoisotopic (exact) mass is 414 g/mol. The Morgan fingerprint density at radius 3 is 2.84 bits per heavy atom. The molecule has 1 aromatic heterocycles. The van der Waals surface area contributed by atoms with Gasteiger partial charge in [0.05, 0.1) is 17.2 Å². The first-order valence-corrected chi connectivity index (χ1v) is 8.45. The smallest absolute Gasteiger partial charge is 0.191 e. The lowest BCUT2D eigenvalue weighted by Gasteiger charge is -2.10. The predicted octanol–water partition coefficient (Wildman–Crippen LogP) is 2.53. The quantitative estimate of drug-likeness (QED) is 0.312. The maximum atomic E-state index is 4.50. The Balaban J connectivity index is 0.00000324. The molecule has 0 unspecified atom stereocenters. The van der Waals surface area contributed by atoms with Crippen molar-refractivity contribution in [3.63, 3.8) is 0 Å². The molecular formula is C12H23IN4S2. The Kier molecular flexibility index (Phi) is 11.8. The van der Waals surface area contributed by atoms with E-state index >= 15 is 0 Å². The summed E-state index contributed by atoms with van der Waals surface area (Å²) in [6.07, 6.45) is 3.04. The number of aliphatic imine (C=N–C) groups is 1. The van der Waals surface area contributed by atoms with Crippen LogP contribution in [0.15, 0.2) is 10.4 Å². The number of thioether (sulfide) groups is 1. The first kappa shape index (κ1) is 19.0. The summed E-state index contributed by atoms with van der Waals surface area (Å²) in [4.78, 5) is 8.94. The molecule has 0 atom stereocenters. The van der Waals surface area contributed by atoms with Gasteiger partial charge in [-0.2, -0.15) is 11.8 Å². The molecule has 4 nitrogen and oxygen atoms in total. The van der Waals surface area contributed by atoms with Crippen LogP contribution in [-0.2, 0) is 6.42 Å². The van der Waals surface area contributed by atoms with Crippen LogP contribution in [0, 0.1) is 6.92 Å². The molecule has 0 radical (unpaired) electrons. The number of nitrogens with zero attached hydrogens (tertiary/aromatic N) is 2. The van der Waals surface area contributed by atoms with E-state index in [1.165, 1.54) is 0 Å². The van der Waals surface area contributed by atoms with Gasteiger partial charge in [-0.15, -0.1) is 35.3 Å². The van der Waals surface area contributed by atoms with Crippen LogP contribution < -0.4 is 10.6 Å². The average molecular weight is 414 g/mol. The summed E-state index contributed by atoms with van der Waals surface area (Å²) < 4.78 is 0. The number of halogens is 1. The van der Waals surface area contributed by atoms with Gasteiger partial charge in [0, 0.05) is 30.6 Å². The van der Waals surface area contributed by atoms with Crippen molar-refractivity contribution in [1.82, 2.24) is 15.6 Å². The first-order valence-electron chi connectivity index (χ1n) is 6.18.